The number of para-hydroxylation sites is 2. The van der Waals surface area contributed by atoms with Crippen LogP contribution in [0.4, 0.5) is 0 Å². The highest BCUT2D eigenvalue weighted by atomic mass is 32.2. The first-order valence-corrected chi connectivity index (χ1v) is 9.55. The molecule has 0 atom stereocenters. The Hall–Kier alpha value is -1.86. The molecule has 114 valence electrons. The summed E-state index contributed by atoms with van der Waals surface area (Å²) in [4.78, 5) is 12.4. The maximum Gasteiger partial charge on any atom is 0.175 e. The molecule has 0 radical (unpaired) electrons. The molecule has 5 nitrogen and oxygen atoms in total. The minimum atomic E-state index is -3.23. The summed E-state index contributed by atoms with van der Waals surface area (Å²) in [7, 11) is -3.23. The summed E-state index contributed by atoms with van der Waals surface area (Å²) >= 11 is 1.51. The Balaban J connectivity index is 1.85. The van der Waals surface area contributed by atoms with Crippen molar-refractivity contribution in [1.82, 2.24) is 15.0 Å². The largest absolute Gasteiger partial charge is 0.333 e. The van der Waals surface area contributed by atoms with Gasteiger partial charge in [-0.1, -0.05) is 23.9 Å². The molecule has 0 aliphatic heterocycles. The number of hydrogen-bond donors (Lipinski definition) is 1. The van der Waals surface area contributed by atoms with Crippen molar-refractivity contribution in [2.75, 3.05) is 6.26 Å². The summed E-state index contributed by atoms with van der Waals surface area (Å²) in [6, 6.07) is 9.36. The zero-order valence-electron chi connectivity index (χ0n) is 12.2. The molecule has 2 heterocycles. The molecule has 3 aromatic rings. The topological polar surface area (TPSA) is 75.7 Å². The van der Waals surface area contributed by atoms with Gasteiger partial charge in [0, 0.05) is 18.2 Å². The van der Waals surface area contributed by atoms with E-state index < -0.39 is 9.84 Å². The van der Waals surface area contributed by atoms with Crippen LogP contribution >= 0.6 is 11.8 Å². The standard InChI is InChI=1S/C15H15N3O2S2/c1-10-13(16-8-7-14(10)22(2,19)20)9-21-15-17-11-5-3-4-6-12(11)18-15/h3-8H,9H2,1-2H3,(H,17,18). The summed E-state index contributed by atoms with van der Waals surface area (Å²) in [6.07, 6.45) is 2.75. The number of nitrogens with one attached hydrogen (secondary N) is 1. The smallest absolute Gasteiger partial charge is 0.175 e. The molecule has 0 spiro atoms. The number of aromatic nitrogens is 3. The molecule has 3 rings (SSSR count). The first-order valence-electron chi connectivity index (χ1n) is 6.67. The van der Waals surface area contributed by atoms with E-state index in [1.54, 1.807) is 13.0 Å². The molecule has 0 unspecified atom stereocenters. The van der Waals surface area contributed by atoms with E-state index in [1.807, 2.05) is 24.3 Å². The van der Waals surface area contributed by atoms with Gasteiger partial charge in [-0.05, 0) is 30.7 Å². The maximum atomic E-state index is 11.7. The summed E-state index contributed by atoms with van der Waals surface area (Å²) in [5, 5.41) is 0.798. The summed E-state index contributed by atoms with van der Waals surface area (Å²) in [6.45, 7) is 1.79. The lowest BCUT2D eigenvalue weighted by Crippen LogP contribution is -2.04. The molecule has 0 fully saturated rings. The number of rotatable bonds is 4. The zero-order chi connectivity index (χ0) is 15.7. The average Bonchev–Trinajstić information content (AvgIpc) is 2.87. The number of imidazole rings is 1. The van der Waals surface area contributed by atoms with Crippen molar-refractivity contribution in [2.45, 2.75) is 22.7 Å². The van der Waals surface area contributed by atoms with Crippen LogP contribution in [0.15, 0.2) is 46.6 Å². The zero-order valence-corrected chi connectivity index (χ0v) is 13.8. The van der Waals surface area contributed by atoms with Crippen LogP contribution in [-0.4, -0.2) is 29.6 Å². The second-order valence-corrected chi connectivity index (χ2v) is 7.95. The average molecular weight is 333 g/mol. The van der Waals surface area contributed by atoms with E-state index >= 15 is 0 Å². The maximum absolute atomic E-state index is 11.7. The minimum absolute atomic E-state index is 0.336. The number of benzene rings is 1. The number of aromatic amines is 1. The molecule has 0 saturated heterocycles. The minimum Gasteiger partial charge on any atom is -0.333 e. The van der Waals surface area contributed by atoms with E-state index in [1.165, 1.54) is 24.2 Å². The third-order valence-electron chi connectivity index (χ3n) is 3.37. The molecule has 0 amide bonds. The molecule has 0 saturated carbocycles. The molecule has 22 heavy (non-hydrogen) atoms. The van der Waals surface area contributed by atoms with Gasteiger partial charge in [-0.2, -0.15) is 0 Å². The molecular formula is C15H15N3O2S2. The van der Waals surface area contributed by atoms with Crippen LogP contribution in [0.3, 0.4) is 0 Å². The number of pyridine rings is 1. The SMILES string of the molecule is Cc1c(S(C)(=O)=O)ccnc1CSc1nc2ccccc2[nH]1. The van der Waals surface area contributed by atoms with E-state index in [-0.39, 0.29) is 0 Å². The molecule has 1 N–H and O–H groups in total. The van der Waals surface area contributed by atoms with Gasteiger partial charge in [0.1, 0.15) is 0 Å². The Kier molecular flexibility index (Phi) is 3.92. The van der Waals surface area contributed by atoms with Crippen molar-refractivity contribution in [2.24, 2.45) is 0 Å². The third kappa shape index (κ3) is 3.00. The Morgan fingerprint density at radius 3 is 2.73 bits per heavy atom. The molecule has 1 aromatic carbocycles. The van der Waals surface area contributed by atoms with Gasteiger partial charge in [0.25, 0.3) is 0 Å². The number of fused-ring (bicyclic) bond motifs is 1. The molecule has 0 bridgehead atoms. The lowest BCUT2D eigenvalue weighted by atomic mass is 10.2. The van der Waals surface area contributed by atoms with Gasteiger partial charge < -0.3 is 4.98 Å². The monoisotopic (exact) mass is 333 g/mol. The fourth-order valence-electron chi connectivity index (χ4n) is 2.24. The highest BCUT2D eigenvalue weighted by molar-refractivity contribution is 7.98. The van der Waals surface area contributed by atoms with Crippen LogP contribution in [0.2, 0.25) is 0 Å². The van der Waals surface area contributed by atoms with E-state index in [2.05, 4.69) is 15.0 Å². The van der Waals surface area contributed by atoms with E-state index in [4.69, 9.17) is 0 Å². The summed E-state index contributed by atoms with van der Waals surface area (Å²) < 4.78 is 23.5. The quantitative estimate of drug-likeness (QED) is 0.743. The van der Waals surface area contributed by atoms with Gasteiger partial charge >= 0.3 is 0 Å². The number of hydrogen-bond acceptors (Lipinski definition) is 5. The van der Waals surface area contributed by atoms with Gasteiger partial charge in [-0.15, -0.1) is 0 Å². The third-order valence-corrected chi connectivity index (χ3v) is 5.50. The lowest BCUT2D eigenvalue weighted by Gasteiger charge is -2.07. The van der Waals surface area contributed by atoms with E-state index in [9.17, 15) is 8.42 Å². The highest BCUT2D eigenvalue weighted by Crippen LogP contribution is 2.25. The van der Waals surface area contributed by atoms with Gasteiger partial charge in [-0.3, -0.25) is 4.98 Å². The van der Waals surface area contributed by atoms with Crippen LogP contribution in [0.25, 0.3) is 11.0 Å². The second-order valence-electron chi connectivity index (χ2n) is 5.00. The Morgan fingerprint density at radius 1 is 1.23 bits per heavy atom. The molecular weight excluding hydrogens is 318 g/mol. The van der Waals surface area contributed by atoms with E-state index in [0.717, 1.165) is 21.9 Å². The molecule has 0 aliphatic carbocycles. The second kappa shape index (κ2) is 5.73. The van der Waals surface area contributed by atoms with Crippen molar-refractivity contribution in [1.29, 1.82) is 0 Å². The fraction of sp³-hybridized carbons (Fsp3) is 0.200. The lowest BCUT2D eigenvalue weighted by molar-refractivity contribution is 0.601. The van der Waals surface area contributed by atoms with Crippen molar-refractivity contribution < 1.29 is 8.42 Å². The molecule has 2 aromatic heterocycles. The predicted octanol–water partition coefficient (Wildman–Crippen LogP) is 2.96. The van der Waals surface area contributed by atoms with Gasteiger partial charge in [0.15, 0.2) is 15.0 Å². The van der Waals surface area contributed by atoms with Gasteiger partial charge in [-0.25, -0.2) is 13.4 Å². The Bertz CT molecular complexity index is 900. The van der Waals surface area contributed by atoms with Crippen molar-refractivity contribution in [3.8, 4) is 0 Å². The predicted molar refractivity (Wildman–Crippen MR) is 87.7 cm³/mol. The first kappa shape index (κ1) is 15.1. The van der Waals surface area contributed by atoms with Crippen LogP contribution < -0.4 is 0 Å². The molecule has 0 aliphatic rings. The van der Waals surface area contributed by atoms with Crippen molar-refractivity contribution >= 4 is 32.6 Å². The van der Waals surface area contributed by atoms with E-state index in [0.29, 0.717) is 16.2 Å². The fourth-order valence-corrected chi connectivity index (χ4v) is 4.13. The number of H-pyrrole nitrogens is 1. The van der Waals surface area contributed by atoms with Crippen LogP contribution in [0.1, 0.15) is 11.3 Å². The van der Waals surface area contributed by atoms with Gasteiger partial charge in [0.2, 0.25) is 0 Å². The number of nitrogens with zero attached hydrogens (tertiary/aromatic N) is 2. The van der Waals surface area contributed by atoms with Gasteiger partial charge in [0.05, 0.1) is 21.6 Å². The Labute approximate surface area is 133 Å². The van der Waals surface area contributed by atoms with Crippen LogP contribution in [-0.2, 0) is 15.6 Å². The first-order chi connectivity index (χ1) is 10.4. The highest BCUT2D eigenvalue weighted by Gasteiger charge is 2.14. The Morgan fingerprint density at radius 2 is 2.00 bits per heavy atom. The van der Waals surface area contributed by atoms with Crippen molar-refractivity contribution in [3.05, 3.63) is 47.8 Å². The van der Waals surface area contributed by atoms with Crippen LogP contribution in [0.5, 0.6) is 0 Å². The van der Waals surface area contributed by atoms with Crippen LogP contribution in [0, 0.1) is 6.92 Å². The normalized spacial score (nSPS) is 11.9. The number of sulfone groups is 1. The number of thioether (sulfide) groups is 1. The summed E-state index contributed by atoms with van der Waals surface area (Å²) in [5.74, 6) is 0.564. The van der Waals surface area contributed by atoms with Crippen molar-refractivity contribution in [3.63, 3.8) is 0 Å². The molecule has 7 heteroatoms. The summed E-state index contributed by atoms with van der Waals surface area (Å²) in [5.41, 5.74) is 3.36.